The van der Waals surface area contributed by atoms with Crippen molar-refractivity contribution in [3.63, 3.8) is 0 Å². The molecule has 0 aromatic heterocycles. The van der Waals surface area contributed by atoms with Crippen LogP contribution in [-0.2, 0) is 20.8 Å². The molecule has 1 aromatic rings. The van der Waals surface area contributed by atoms with Crippen molar-refractivity contribution in [2.24, 2.45) is 0 Å². The molecule has 4 heteroatoms. The Morgan fingerprint density at radius 3 is 2.21 bits per heavy atom. The van der Waals surface area contributed by atoms with E-state index in [9.17, 15) is 0 Å². The molecule has 0 unspecified atom stereocenters. The van der Waals surface area contributed by atoms with Crippen molar-refractivity contribution in [2.75, 3.05) is 26.4 Å². The van der Waals surface area contributed by atoms with Crippen molar-refractivity contribution < 1.29 is 19.3 Å². The van der Waals surface area contributed by atoms with E-state index in [0.29, 0.717) is 26.4 Å². The standard InChI is InChI=1S/C15H24O4/c1-13(18-9-8-16)14(2)19-11-10-17-12-15-6-4-3-5-7-15/h3-7,13-14,16H,8-12H2,1-2H3/t13-,14-/m1/s1. The number of aliphatic hydroxyl groups is 1. The van der Waals surface area contributed by atoms with E-state index in [-0.39, 0.29) is 18.8 Å². The number of rotatable bonds is 10. The molecular weight excluding hydrogens is 244 g/mol. The molecule has 0 radical (unpaired) electrons. The van der Waals surface area contributed by atoms with Gasteiger partial charge in [-0.15, -0.1) is 0 Å². The summed E-state index contributed by atoms with van der Waals surface area (Å²) in [5.41, 5.74) is 1.16. The summed E-state index contributed by atoms with van der Waals surface area (Å²) < 4.78 is 16.5. The van der Waals surface area contributed by atoms with Crippen molar-refractivity contribution >= 4 is 0 Å². The van der Waals surface area contributed by atoms with Crippen LogP contribution in [0, 0.1) is 0 Å². The first-order valence-corrected chi connectivity index (χ1v) is 6.69. The predicted octanol–water partition coefficient (Wildman–Crippen LogP) is 2.01. The van der Waals surface area contributed by atoms with Gasteiger partial charge in [0, 0.05) is 0 Å². The van der Waals surface area contributed by atoms with E-state index in [1.54, 1.807) is 0 Å². The lowest BCUT2D eigenvalue weighted by atomic mass is 10.2. The molecule has 0 aliphatic carbocycles. The molecule has 0 spiro atoms. The summed E-state index contributed by atoms with van der Waals surface area (Å²) in [7, 11) is 0. The summed E-state index contributed by atoms with van der Waals surface area (Å²) in [5.74, 6) is 0. The molecule has 0 aliphatic heterocycles. The van der Waals surface area contributed by atoms with Crippen molar-refractivity contribution in [1.29, 1.82) is 0 Å². The van der Waals surface area contributed by atoms with E-state index >= 15 is 0 Å². The Balaban J connectivity index is 2.04. The third-order valence-corrected chi connectivity index (χ3v) is 2.85. The average Bonchev–Trinajstić information content (AvgIpc) is 2.45. The number of benzene rings is 1. The third kappa shape index (κ3) is 7.28. The van der Waals surface area contributed by atoms with Gasteiger partial charge in [-0.2, -0.15) is 0 Å². The monoisotopic (exact) mass is 268 g/mol. The first-order valence-electron chi connectivity index (χ1n) is 6.69. The van der Waals surface area contributed by atoms with Crippen LogP contribution in [-0.4, -0.2) is 43.7 Å². The van der Waals surface area contributed by atoms with E-state index in [4.69, 9.17) is 19.3 Å². The lowest BCUT2D eigenvalue weighted by molar-refractivity contribution is -0.0757. The first-order chi connectivity index (χ1) is 9.24. The van der Waals surface area contributed by atoms with E-state index < -0.39 is 0 Å². The Bertz CT molecular complexity index is 315. The van der Waals surface area contributed by atoms with Crippen LogP contribution in [0.15, 0.2) is 30.3 Å². The number of aliphatic hydroxyl groups excluding tert-OH is 1. The highest BCUT2D eigenvalue weighted by Gasteiger charge is 2.12. The Morgan fingerprint density at radius 2 is 1.58 bits per heavy atom. The summed E-state index contributed by atoms with van der Waals surface area (Å²) in [6.45, 7) is 5.99. The maximum atomic E-state index is 8.67. The largest absolute Gasteiger partial charge is 0.394 e. The molecule has 0 amide bonds. The number of hydrogen-bond acceptors (Lipinski definition) is 4. The fourth-order valence-electron chi connectivity index (χ4n) is 1.57. The molecule has 108 valence electrons. The van der Waals surface area contributed by atoms with Gasteiger partial charge in [0.15, 0.2) is 0 Å². The summed E-state index contributed by atoms with van der Waals surface area (Å²) in [6.07, 6.45) is -0.0341. The normalized spacial score (nSPS) is 14.3. The van der Waals surface area contributed by atoms with Crippen LogP contribution in [0.2, 0.25) is 0 Å². The van der Waals surface area contributed by atoms with Gasteiger partial charge in [-0.05, 0) is 19.4 Å². The van der Waals surface area contributed by atoms with Gasteiger partial charge in [-0.25, -0.2) is 0 Å². The second-order valence-corrected chi connectivity index (χ2v) is 4.41. The van der Waals surface area contributed by atoms with E-state index in [1.165, 1.54) is 0 Å². The molecule has 1 aromatic carbocycles. The zero-order valence-corrected chi connectivity index (χ0v) is 11.7. The third-order valence-electron chi connectivity index (χ3n) is 2.85. The lowest BCUT2D eigenvalue weighted by Crippen LogP contribution is -2.28. The minimum absolute atomic E-state index is 0.00752. The first kappa shape index (κ1) is 16.1. The molecule has 2 atom stereocenters. The summed E-state index contributed by atoms with van der Waals surface area (Å²) in [6, 6.07) is 10.1. The molecule has 1 N–H and O–H groups in total. The topological polar surface area (TPSA) is 47.9 Å². The fourth-order valence-corrected chi connectivity index (χ4v) is 1.57. The van der Waals surface area contributed by atoms with Crippen LogP contribution in [0.25, 0.3) is 0 Å². The van der Waals surface area contributed by atoms with E-state index in [2.05, 4.69) is 0 Å². The van der Waals surface area contributed by atoms with Gasteiger partial charge in [0.05, 0.1) is 45.2 Å². The summed E-state index contributed by atoms with van der Waals surface area (Å²) >= 11 is 0. The molecule has 4 nitrogen and oxygen atoms in total. The van der Waals surface area contributed by atoms with Crippen molar-refractivity contribution in [2.45, 2.75) is 32.7 Å². The molecular formula is C15H24O4. The van der Waals surface area contributed by atoms with Gasteiger partial charge in [-0.1, -0.05) is 30.3 Å². The number of hydrogen-bond donors (Lipinski definition) is 1. The molecule has 0 fully saturated rings. The maximum absolute atomic E-state index is 8.67. The zero-order chi connectivity index (χ0) is 13.9. The Morgan fingerprint density at radius 1 is 0.947 bits per heavy atom. The molecule has 0 saturated heterocycles. The Labute approximate surface area is 115 Å². The predicted molar refractivity (Wildman–Crippen MR) is 74.0 cm³/mol. The van der Waals surface area contributed by atoms with Crippen LogP contribution >= 0.6 is 0 Å². The van der Waals surface area contributed by atoms with Gasteiger partial charge in [0.25, 0.3) is 0 Å². The van der Waals surface area contributed by atoms with Gasteiger partial charge in [0.2, 0.25) is 0 Å². The number of ether oxygens (including phenoxy) is 3. The van der Waals surface area contributed by atoms with Crippen molar-refractivity contribution in [1.82, 2.24) is 0 Å². The van der Waals surface area contributed by atoms with Crippen LogP contribution in [0.1, 0.15) is 19.4 Å². The fraction of sp³-hybridized carbons (Fsp3) is 0.600. The minimum Gasteiger partial charge on any atom is -0.394 e. The van der Waals surface area contributed by atoms with Crippen molar-refractivity contribution in [3.8, 4) is 0 Å². The highest BCUT2D eigenvalue weighted by atomic mass is 16.6. The van der Waals surface area contributed by atoms with E-state index in [1.807, 2.05) is 44.2 Å². The van der Waals surface area contributed by atoms with Gasteiger partial charge in [0.1, 0.15) is 0 Å². The molecule has 1 rings (SSSR count). The highest BCUT2D eigenvalue weighted by molar-refractivity contribution is 5.13. The second-order valence-electron chi connectivity index (χ2n) is 4.41. The van der Waals surface area contributed by atoms with Crippen molar-refractivity contribution in [3.05, 3.63) is 35.9 Å². The zero-order valence-electron chi connectivity index (χ0n) is 11.7. The van der Waals surface area contributed by atoms with Gasteiger partial charge in [-0.3, -0.25) is 0 Å². The molecule has 0 saturated carbocycles. The van der Waals surface area contributed by atoms with Crippen LogP contribution in [0.5, 0.6) is 0 Å². The smallest absolute Gasteiger partial charge is 0.0807 e. The molecule has 0 heterocycles. The van der Waals surface area contributed by atoms with Crippen LogP contribution in [0.3, 0.4) is 0 Å². The van der Waals surface area contributed by atoms with Crippen LogP contribution < -0.4 is 0 Å². The van der Waals surface area contributed by atoms with Gasteiger partial charge < -0.3 is 19.3 Å². The highest BCUT2D eigenvalue weighted by Crippen LogP contribution is 2.04. The summed E-state index contributed by atoms with van der Waals surface area (Å²) in [5, 5.41) is 8.67. The molecule has 0 aliphatic rings. The Kier molecular flexibility index (Phi) is 8.41. The summed E-state index contributed by atoms with van der Waals surface area (Å²) in [4.78, 5) is 0. The second kappa shape index (κ2) is 9.92. The van der Waals surface area contributed by atoms with Crippen LogP contribution in [0.4, 0.5) is 0 Å². The Hall–Kier alpha value is -0.940. The maximum Gasteiger partial charge on any atom is 0.0807 e. The van der Waals surface area contributed by atoms with Gasteiger partial charge >= 0.3 is 0 Å². The lowest BCUT2D eigenvalue weighted by Gasteiger charge is -2.20. The van der Waals surface area contributed by atoms with E-state index in [0.717, 1.165) is 5.56 Å². The minimum atomic E-state index is -0.0266. The molecule has 0 bridgehead atoms. The SMILES string of the molecule is C[C@@H](OCCO)[C@@H](C)OCCOCc1ccccc1. The average molecular weight is 268 g/mol. The molecule has 19 heavy (non-hydrogen) atoms. The quantitative estimate of drug-likeness (QED) is 0.659.